The van der Waals surface area contributed by atoms with Crippen LogP contribution in [0.25, 0.3) is 0 Å². The van der Waals surface area contributed by atoms with Crippen LogP contribution < -0.4 is 10.6 Å². The highest BCUT2D eigenvalue weighted by atomic mass is 19.4. The van der Waals surface area contributed by atoms with E-state index < -0.39 is 41.7 Å². The van der Waals surface area contributed by atoms with Crippen molar-refractivity contribution in [3.05, 3.63) is 42.2 Å². The van der Waals surface area contributed by atoms with Gasteiger partial charge in [0.25, 0.3) is 0 Å². The molecule has 3 N–H and O–H groups in total. The maximum atomic E-state index is 13.6. The Bertz CT molecular complexity index is 866. The highest BCUT2D eigenvalue weighted by Crippen LogP contribution is 2.41. The summed E-state index contributed by atoms with van der Waals surface area (Å²) >= 11 is 0. The molecule has 2 amide bonds. The van der Waals surface area contributed by atoms with Crippen molar-refractivity contribution in [2.75, 3.05) is 10.6 Å². The van der Waals surface area contributed by atoms with Crippen molar-refractivity contribution in [2.24, 2.45) is 7.05 Å². The van der Waals surface area contributed by atoms with Gasteiger partial charge in [0.05, 0.1) is 12.1 Å². The van der Waals surface area contributed by atoms with Crippen LogP contribution >= 0.6 is 0 Å². The van der Waals surface area contributed by atoms with Crippen LogP contribution in [0.4, 0.5) is 28.9 Å². The lowest BCUT2D eigenvalue weighted by atomic mass is 9.97. The maximum absolute atomic E-state index is 13.6. The monoisotopic (exact) mass is 388 g/mol. The van der Waals surface area contributed by atoms with Gasteiger partial charge < -0.3 is 20.3 Å². The first-order valence-corrected chi connectivity index (χ1v) is 7.58. The molecule has 0 spiro atoms. The molecule has 146 valence electrons. The van der Waals surface area contributed by atoms with Crippen molar-refractivity contribution < 1.29 is 32.3 Å². The predicted octanol–water partition coefficient (Wildman–Crippen LogP) is 2.30. The van der Waals surface area contributed by atoms with E-state index in [4.69, 9.17) is 0 Å². The number of nitrogens with one attached hydrogen (secondary N) is 2. The van der Waals surface area contributed by atoms with Crippen molar-refractivity contribution in [2.45, 2.75) is 25.1 Å². The summed E-state index contributed by atoms with van der Waals surface area (Å²) in [5, 5.41) is 14.5. The number of imidazole rings is 1. The van der Waals surface area contributed by atoms with Crippen molar-refractivity contribution in [3.8, 4) is 0 Å². The van der Waals surface area contributed by atoms with Gasteiger partial charge in [-0.15, -0.1) is 0 Å². The van der Waals surface area contributed by atoms with Crippen LogP contribution in [0.5, 0.6) is 0 Å². The van der Waals surface area contributed by atoms with Gasteiger partial charge in [0, 0.05) is 32.1 Å². The number of anilines is 2. The normalized spacial score (nSPS) is 13.7. The second kappa shape index (κ2) is 7.35. The molecule has 27 heavy (non-hydrogen) atoms. The smallest absolute Gasteiger partial charge is 0.374 e. The second-order valence-electron chi connectivity index (χ2n) is 5.82. The van der Waals surface area contributed by atoms with Crippen LogP contribution in [0.3, 0.4) is 0 Å². The third-order valence-electron chi connectivity index (χ3n) is 3.64. The largest absolute Gasteiger partial charge is 0.425 e. The molecule has 0 bridgehead atoms. The van der Waals surface area contributed by atoms with E-state index >= 15 is 0 Å². The lowest BCUT2D eigenvalue weighted by molar-refractivity contribution is -0.270. The minimum atomic E-state index is -5.17. The molecule has 0 aliphatic rings. The molecule has 1 aromatic heterocycles. The number of aromatic nitrogens is 2. The third-order valence-corrected chi connectivity index (χ3v) is 3.64. The number of hydrogen-bond acceptors (Lipinski definition) is 4. The fourth-order valence-electron chi connectivity index (χ4n) is 2.40. The summed E-state index contributed by atoms with van der Waals surface area (Å²) in [4.78, 5) is 26.6. The van der Waals surface area contributed by atoms with Crippen molar-refractivity contribution in [1.82, 2.24) is 9.55 Å². The van der Waals surface area contributed by atoms with Gasteiger partial charge in [-0.2, -0.15) is 13.2 Å². The number of carbonyl (C=O) groups is 2. The molecule has 1 unspecified atom stereocenters. The fourth-order valence-corrected chi connectivity index (χ4v) is 2.40. The highest BCUT2D eigenvalue weighted by Gasteiger charge is 2.58. The standard InChI is InChI=1S/C16H16F4N4O3/c1-9(25)22-12-7-10(3-4-11(12)17)23-13(26)8-15(27,16(18,19)20)14-21-5-6-24(14)2/h3-7,27H,8H2,1-2H3,(H,22,25)(H,23,26). The van der Waals surface area contributed by atoms with Gasteiger partial charge >= 0.3 is 6.18 Å². The van der Waals surface area contributed by atoms with Crippen LogP contribution in [-0.4, -0.2) is 32.6 Å². The van der Waals surface area contributed by atoms with E-state index in [1.807, 2.05) is 0 Å². The summed E-state index contributed by atoms with van der Waals surface area (Å²) in [6, 6.07) is 3.07. The summed E-state index contributed by atoms with van der Waals surface area (Å²) in [6.45, 7) is 1.14. The van der Waals surface area contributed by atoms with Crippen molar-refractivity contribution in [1.29, 1.82) is 0 Å². The number of benzene rings is 1. The molecule has 0 saturated carbocycles. The number of halogens is 4. The van der Waals surface area contributed by atoms with Crippen LogP contribution in [0.15, 0.2) is 30.6 Å². The van der Waals surface area contributed by atoms with Crippen molar-refractivity contribution >= 4 is 23.2 Å². The SMILES string of the molecule is CC(=O)Nc1cc(NC(=O)CC(O)(c2nccn2C)C(F)(F)F)ccc1F. The first kappa shape index (κ1) is 20.4. The van der Waals surface area contributed by atoms with E-state index in [0.717, 1.165) is 35.9 Å². The first-order chi connectivity index (χ1) is 12.4. The van der Waals surface area contributed by atoms with E-state index in [-0.39, 0.29) is 11.4 Å². The van der Waals surface area contributed by atoms with Gasteiger partial charge in [-0.1, -0.05) is 0 Å². The average molecular weight is 388 g/mol. The molecule has 1 heterocycles. The van der Waals surface area contributed by atoms with Gasteiger partial charge in [-0.25, -0.2) is 9.37 Å². The topological polar surface area (TPSA) is 96.2 Å². The molecule has 1 aromatic carbocycles. The molecule has 1 atom stereocenters. The minimum Gasteiger partial charge on any atom is -0.374 e. The van der Waals surface area contributed by atoms with E-state index in [0.29, 0.717) is 0 Å². The van der Waals surface area contributed by atoms with Crippen molar-refractivity contribution in [3.63, 3.8) is 0 Å². The molecule has 0 aliphatic carbocycles. The summed E-state index contributed by atoms with van der Waals surface area (Å²) < 4.78 is 54.8. The zero-order valence-electron chi connectivity index (χ0n) is 14.3. The number of alkyl halides is 3. The maximum Gasteiger partial charge on any atom is 0.425 e. The van der Waals surface area contributed by atoms with E-state index in [1.165, 1.54) is 13.2 Å². The summed E-state index contributed by atoms with van der Waals surface area (Å²) in [5.41, 5.74) is -3.83. The zero-order chi connectivity index (χ0) is 20.4. The average Bonchev–Trinajstić information content (AvgIpc) is 2.95. The number of amides is 2. The van der Waals surface area contributed by atoms with Crippen LogP contribution in [0.2, 0.25) is 0 Å². The van der Waals surface area contributed by atoms with Crippen LogP contribution in [0, 0.1) is 5.82 Å². The van der Waals surface area contributed by atoms with Crippen LogP contribution in [-0.2, 0) is 22.2 Å². The molecular weight excluding hydrogens is 372 g/mol. The first-order valence-electron chi connectivity index (χ1n) is 7.58. The Morgan fingerprint density at radius 3 is 2.44 bits per heavy atom. The number of carbonyl (C=O) groups excluding carboxylic acids is 2. The Kier molecular flexibility index (Phi) is 5.54. The lowest BCUT2D eigenvalue weighted by Crippen LogP contribution is -2.46. The molecule has 2 rings (SSSR count). The third kappa shape index (κ3) is 4.42. The highest BCUT2D eigenvalue weighted by molar-refractivity contribution is 5.93. The Hall–Kier alpha value is -2.95. The summed E-state index contributed by atoms with van der Waals surface area (Å²) in [5.74, 6) is -3.29. The van der Waals surface area contributed by atoms with Gasteiger partial charge in [0.15, 0.2) is 5.82 Å². The number of aliphatic hydroxyl groups is 1. The van der Waals surface area contributed by atoms with Gasteiger partial charge in [-0.05, 0) is 18.2 Å². The molecule has 0 fully saturated rings. The molecule has 0 aliphatic heterocycles. The second-order valence-corrected chi connectivity index (χ2v) is 5.82. The molecule has 0 radical (unpaired) electrons. The molecular formula is C16H16F4N4O3. The Balaban J connectivity index is 2.25. The number of hydrogen-bond donors (Lipinski definition) is 3. The lowest BCUT2D eigenvalue weighted by Gasteiger charge is -2.29. The molecule has 7 nitrogen and oxygen atoms in total. The summed E-state index contributed by atoms with van der Waals surface area (Å²) in [6.07, 6.45) is -4.28. The molecule has 0 saturated heterocycles. The van der Waals surface area contributed by atoms with Gasteiger partial charge in [0.1, 0.15) is 5.82 Å². The zero-order valence-corrected chi connectivity index (χ0v) is 14.3. The fraction of sp³-hybridized carbons (Fsp3) is 0.312. The van der Waals surface area contributed by atoms with Gasteiger partial charge in [-0.3, -0.25) is 9.59 Å². The number of rotatable bonds is 5. The summed E-state index contributed by atoms with van der Waals surface area (Å²) in [7, 11) is 1.25. The quantitative estimate of drug-likeness (QED) is 0.685. The van der Waals surface area contributed by atoms with Gasteiger partial charge in [0.2, 0.25) is 17.4 Å². The van der Waals surface area contributed by atoms with Crippen LogP contribution in [0.1, 0.15) is 19.2 Å². The van der Waals surface area contributed by atoms with E-state index in [9.17, 15) is 32.3 Å². The molecule has 11 heteroatoms. The Labute approximate surface area is 151 Å². The predicted molar refractivity (Wildman–Crippen MR) is 87.1 cm³/mol. The number of nitrogens with zero attached hydrogens (tertiary/aromatic N) is 2. The Morgan fingerprint density at radius 2 is 1.93 bits per heavy atom. The van der Waals surface area contributed by atoms with E-state index in [1.54, 1.807) is 0 Å². The number of aryl methyl sites for hydroxylation is 1. The molecule has 2 aromatic rings. The van der Waals surface area contributed by atoms with E-state index in [2.05, 4.69) is 15.6 Å². The minimum absolute atomic E-state index is 0.0606. The Morgan fingerprint density at radius 1 is 1.26 bits per heavy atom.